The van der Waals surface area contributed by atoms with E-state index in [0.717, 1.165) is 18.6 Å². The Morgan fingerprint density at radius 1 is 1.10 bits per heavy atom. The summed E-state index contributed by atoms with van der Waals surface area (Å²) in [5.74, 6) is 0.945. The predicted octanol–water partition coefficient (Wildman–Crippen LogP) is 4.41. The second kappa shape index (κ2) is 7.28. The summed E-state index contributed by atoms with van der Waals surface area (Å²) < 4.78 is 6.18. The molecule has 0 amide bonds. The highest BCUT2D eigenvalue weighted by atomic mass is 16.5. The van der Waals surface area contributed by atoms with Gasteiger partial charge in [0, 0.05) is 6.04 Å². The van der Waals surface area contributed by atoms with Crippen molar-refractivity contribution in [2.24, 2.45) is 5.73 Å². The molecule has 2 aromatic rings. The van der Waals surface area contributed by atoms with E-state index in [1.54, 1.807) is 0 Å². The first kappa shape index (κ1) is 15.6. The molecule has 0 aliphatic carbocycles. The van der Waals surface area contributed by atoms with E-state index in [4.69, 9.17) is 10.5 Å². The fourth-order valence-electron chi connectivity index (χ4n) is 2.39. The molecular formula is C19H25NO. The van der Waals surface area contributed by atoms with E-state index in [-0.39, 0.29) is 12.1 Å². The van der Waals surface area contributed by atoms with E-state index < -0.39 is 0 Å². The van der Waals surface area contributed by atoms with Crippen molar-refractivity contribution in [2.45, 2.75) is 45.8 Å². The van der Waals surface area contributed by atoms with Gasteiger partial charge in [-0.25, -0.2) is 0 Å². The molecule has 2 nitrogen and oxygen atoms in total. The van der Waals surface area contributed by atoms with Crippen molar-refractivity contribution in [3.05, 3.63) is 65.2 Å². The number of aryl methyl sites for hydroxylation is 1. The van der Waals surface area contributed by atoms with Crippen molar-refractivity contribution in [3.63, 3.8) is 0 Å². The minimum atomic E-state index is 0.0329. The van der Waals surface area contributed by atoms with Crippen LogP contribution in [0.4, 0.5) is 0 Å². The van der Waals surface area contributed by atoms with E-state index in [9.17, 15) is 0 Å². The zero-order valence-corrected chi connectivity index (χ0v) is 13.2. The van der Waals surface area contributed by atoms with Crippen LogP contribution in [0.15, 0.2) is 48.5 Å². The molecule has 0 spiro atoms. The van der Waals surface area contributed by atoms with Gasteiger partial charge in [-0.05, 0) is 43.9 Å². The molecule has 2 unspecified atom stereocenters. The van der Waals surface area contributed by atoms with E-state index >= 15 is 0 Å². The number of rotatable bonds is 6. The number of nitrogens with two attached hydrogens (primary N) is 1. The summed E-state index contributed by atoms with van der Waals surface area (Å²) in [7, 11) is 0. The molecule has 2 atom stereocenters. The van der Waals surface area contributed by atoms with Gasteiger partial charge in [0.05, 0.1) is 0 Å². The number of benzene rings is 2. The van der Waals surface area contributed by atoms with Crippen LogP contribution in [0.25, 0.3) is 0 Å². The summed E-state index contributed by atoms with van der Waals surface area (Å²) in [6.07, 6.45) is 1.86. The summed E-state index contributed by atoms with van der Waals surface area (Å²) in [4.78, 5) is 0. The molecule has 2 heteroatoms. The molecule has 0 saturated heterocycles. The third-order valence-corrected chi connectivity index (χ3v) is 3.80. The van der Waals surface area contributed by atoms with Crippen LogP contribution in [0.3, 0.4) is 0 Å². The van der Waals surface area contributed by atoms with E-state index in [1.165, 1.54) is 16.7 Å². The maximum absolute atomic E-state index is 6.18. The smallest absolute Gasteiger partial charge is 0.123 e. The first-order valence-electron chi connectivity index (χ1n) is 7.67. The van der Waals surface area contributed by atoms with Gasteiger partial charge in [-0.15, -0.1) is 0 Å². The second-order valence-electron chi connectivity index (χ2n) is 5.65. The highest BCUT2D eigenvalue weighted by molar-refractivity contribution is 5.38. The zero-order valence-electron chi connectivity index (χ0n) is 13.2. The molecule has 0 aliphatic rings. The van der Waals surface area contributed by atoms with Gasteiger partial charge in [0.2, 0.25) is 0 Å². The van der Waals surface area contributed by atoms with Crippen LogP contribution in [0.5, 0.6) is 5.75 Å². The lowest BCUT2D eigenvalue weighted by atomic mass is 10.0. The molecule has 0 fully saturated rings. The topological polar surface area (TPSA) is 35.2 Å². The molecule has 0 radical (unpaired) electrons. The van der Waals surface area contributed by atoms with E-state index in [1.807, 2.05) is 18.2 Å². The van der Waals surface area contributed by atoms with Gasteiger partial charge in [-0.1, -0.05) is 55.0 Å². The van der Waals surface area contributed by atoms with Gasteiger partial charge < -0.3 is 10.5 Å². The number of hydrogen-bond acceptors (Lipinski definition) is 2. The van der Waals surface area contributed by atoms with Crippen molar-refractivity contribution < 1.29 is 4.74 Å². The van der Waals surface area contributed by atoms with Gasteiger partial charge in [0.25, 0.3) is 0 Å². The van der Waals surface area contributed by atoms with Crippen LogP contribution in [-0.2, 0) is 6.42 Å². The average Bonchev–Trinajstić information content (AvgIpc) is 2.50. The summed E-state index contributed by atoms with van der Waals surface area (Å²) in [6.45, 7) is 6.30. The van der Waals surface area contributed by atoms with E-state index in [2.05, 4.69) is 51.1 Å². The summed E-state index contributed by atoms with van der Waals surface area (Å²) in [5, 5.41) is 0. The lowest BCUT2D eigenvalue weighted by Crippen LogP contribution is -2.22. The Bertz CT molecular complexity index is 565. The van der Waals surface area contributed by atoms with Gasteiger partial charge >= 0.3 is 0 Å². The van der Waals surface area contributed by atoms with Crippen molar-refractivity contribution in [2.75, 3.05) is 0 Å². The largest absolute Gasteiger partial charge is 0.486 e. The lowest BCUT2D eigenvalue weighted by Gasteiger charge is -2.19. The number of ether oxygens (including phenoxy) is 1. The zero-order chi connectivity index (χ0) is 15.2. The highest BCUT2D eigenvalue weighted by Gasteiger charge is 2.12. The van der Waals surface area contributed by atoms with Gasteiger partial charge in [-0.3, -0.25) is 0 Å². The predicted molar refractivity (Wildman–Crippen MR) is 88.6 cm³/mol. The molecular weight excluding hydrogens is 258 g/mol. The maximum atomic E-state index is 6.18. The second-order valence-corrected chi connectivity index (χ2v) is 5.65. The van der Waals surface area contributed by atoms with E-state index in [0.29, 0.717) is 0 Å². The fraction of sp³-hybridized carbons (Fsp3) is 0.368. The van der Waals surface area contributed by atoms with Gasteiger partial charge in [0.15, 0.2) is 0 Å². The van der Waals surface area contributed by atoms with Crippen LogP contribution in [0.1, 0.15) is 43.1 Å². The lowest BCUT2D eigenvalue weighted by molar-refractivity contribution is 0.224. The summed E-state index contributed by atoms with van der Waals surface area (Å²) >= 11 is 0. The van der Waals surface area contributed by atoms with Gasteiger partial charge in [-0.2, -0.15) is 0 Å². The van der Waals surface area contributed by atoms with Crippen molar-refractivity contribution in [3.8, 4) is 5.75 Å². The minimum Gasteiger partial charge on any atom is -0.486 e. The SMILES string of the molecule is CCC(N)Cc1cc(C)ccc1OC(C)c1ccccc1. The van der Waals surface area contributed by atoms with Crippen LogP contribution in [-0.4, -0.2) is 6.04 Å². The highest BCUT2D eigenvalue weighted by Crippen LogP contribution is 2.27. The molecule has 2 aromatic carbocycles. The molecule has 0 saturated carbocycles. The average molecular weight is 283 g/mol. The maximum Gasteiger partial charge on any atom is 0.123 e. The molecule has 21 heavy (non-hydrogen) atoms. The molecule has 2 N–H and O–H groups in total. The molecule has 112 valence electrons. The molecule has 2 rings (SSSR count). The molecule has 0 bridgehead atoms. The Labute approximate surface area is 127 Å². The summed E-state index contributed by atoms with van der Waals surface area (Å²) in [6, 6.07) is 16.8. The molecule has 0 aromatic heterocycles. The summed E-state index contributed by atoms with van der Waals surface area (Å²) in [5.41, 5.74) is 9.74. The third-order valence-electron chi connectivity index (χ3n) is 3.80. The Balaban J connectivity index is 2.19. The first-order valence-corrected chi connectivity index (χ1v) is 7.67. The normalized spacial score (nSPS) is 13.7. The third kappa shape index (κ3) is 4.33. The van der Waals surface area contributed by atoms with Crippen LogP contribution >= 0.6 is 0 Å². The van der Waals surface area contributed by atoms with Gasteiger partial charge in [0.1, 0.15) is 11.9 Å². The molecule has 0 heterocycles. The van der Waals surface area contributed by atoms with Crippen molar-refractivity contribution in [1.29, 1.82) is 0 Å². The van der Waals surface area contributed by atoms with Crippen molar-refractivity contribution in [1.82, 2.24) is 0 Å². The first-order chi connectivity index (χ1) is 10.1. The Morgan fingerprint density at radius 3 is 2.48 bits per heavy atom. The van der Waals surface area contributed by atoms with Crippen LogP contribution in [0, 0.1) is 6.92 Å². The van der Waals surface area contributed by atoms with Crippen LogP contribution < -0.4 is 10.5 Å². The quantitative estimate of drug-likeness (QED) is 0.852. The number of hydrogen-bond donors (Lipinski definition) is 1. The van der Waals surface area contributed by atoms with Crippen molar-refractivity contribution >= 4 is 0 Å². The minimum absolute atomic E-state index is 0.0329. The Hall–Kier alpha value is -1.80. The standard InChI is InChI=1S/C19H25NO/c1-4-18(20)13-17-12-14(2)10-11-19(17)21-15(3)16-8-6-5-7-9-16/h5-12,15,18H,4,13,20H2,1-3H3. The Kier molecular flexibility index (Phi) is 5.40. The van der Waals surface area contributed by atoms with Crippen LogP contribution in [0.2, 0.25) is 0 Å². The Morgan fingerprint density at radius 2 is 1.81 bits per heavy atom. The monoisotopic (exact) mass is 283 g/mol. The molecule has 0 aliphatic heterocycles. The fourth-order valence-corrected chi connectivity index (χ4v) is 2.39.